The van der Waals surface area contributed by atoms with E-state index in [0.29, 0.717) is 23.4 Å². The highest BCUT2D eigenvalue weighted by Crippen LogP contribution is 2.34. The number of amides is 1. The highest BCUT2D eigenvalue weighted by Gasteiger charge is 2.30. The van der Waals surface area contributed by atoms with Gasteiger partial charge >= 0.3 is 6.18 Å². The van der Waals surface area contributed by atoms with Crippen LogP contribution in [0, 0.1) is 5.41 Å². The molecule has 25 heavy (non-hydrogen) atoms. The van der Waals surface area contributed by atoms with E-state index in [-0.39, 0.29) is 5.91 Å². The van der Waals surface area contributed by atoms with Gasteiger partial charge in [-0.3, -0.25) is 9.89 Å². The number of carbonyl (C=O) groups is 1. The van der Waals surface area contributed by atoms with E-state index in [4.69, 9.17) is 0 Å². The molecule has 0 aliphatic heterocycles. The summed E-state index contributed by atoms with van der Waals surface area (Å²) in [6.45, 7) is 7.37. The van der Waals surface area contributed by atoms with E-state index in [0.717, 1.165) is 24.2 Å². The zero-order valence-electron chi connectivity index (χ0n) is 14.7. The second-order valence-corrected chi connectivity index (χ2v) is 6.96. The van der Waals surface area contributed by atoms with E-state index in [1.54, 1.807) is 20.8 Å². The number of benzene rings is 1. The van der Waals surface area contributed by atoms with Crippen LogP contribution in [0.5, 0.6) is 0 Å². The van der Waals surface area contributed by atoms with Crippen LogP contribution in [0.2, 0.25) is 0 Å². The van der Waals surface area contributed by atoms with Crippen molar-refractivity contribution in [3.63, 3.8) is 0 Å². The molecule has 2 rings (SSSR count). The van der Waals surface area contributed by atoms with Gasteiger partial charge in [-0.05, 0) is 18.6 Å². The molecule has 0 spiro atoms. The molecule has 0 atom stereocenters. The van der Waals surface area contributed by atoms with Crippen LogP contribution >= 0.6 is 0 Å². The molecule has 0 saturated carbocycles. The number of nitrogens with zero attached hydrogens (tertiary/aromatic N) is 1. The van der Waals surface area contributed by atoms with Gasteiger partial charge in [0.15, 0.2) is 0 Å². The van der Waals surface area contributed by atoms with Crippen LogP contribution in [0.3, 0.4) is 0 Å². The average molecular weight is 353 g/mol. The molecule has 7 heteroatoms. The first kappa shape index (κ1) is 19.0. The second kappa shape index (κ2) is 6.90. The molecule has 4 nitrogen and oxygen atoms in total. The molecule has 0 fully saturated rings. The van der Waals surface area contributed by atoms with Crippen molar-refractivity contribution in [2.24, 2.45) is 5.41 Å². The largest absolute Gasteiger partial charge is 0.416 e. The Hall–Kier alpha value is -2.31. The first-order valence-electron chi connectivity index (χ1n) is 8.10. The van der Waals surface area contributed by atoms with Gasteiger partial charge in [0, 0.05) is 11.0 Å². The Morgan fingerprint density at radius 1 is 1.16 bits per heavy atom. The van der Waals surface area contributed by atoms with Crippen molar-refractivity contribution < 1.29 is 18.0 Å². The summed E-state index contributed by atoms with van der Waals surface area (Å²) < 4.78 is 38.2. The minimum Gasteiger partial charge on any atom is -0.322 e. The number of aromatic nitrogens is 2. The first-order valence-corrected chi connectivity index (χ1v) is 8.10. The summed E-state index contributed by atoms with van der Waals surface area (Å²) >= 11 is 0. The summed E-state index contributed by atoms with van der Waals surface area (Å²) in [5.41, 5.74) is 0.918. The Labute approximate surface area is 144 Å². The quantitative estimate of drug-likeness (QED) is 0.810. The van der Waals surface area contributed by atoms with Gasteiger partial charge < -0.3 is 5.32 Å². The van der Waals surface area contributed by atoms with Crippen LogP contribution in [0.25, 0.3) is 11.3 Å². The maximum absolute atomic E-state index is 12.7. The van der Waals surface area contributed by atoms with Crippen molar-refractivity contribution in [2.45, 2.75) is 46.7 Å². The standard InChI is InChI=1S/C18H22F3N3O/c1-5-6-13-15(22-16(25)17(2,3)4)14(24-23-13)11-7-9-12(10-8-11)18(19,20)21/h7-10H,5-6H2,1-4H3,(H,22,25)(H,23,24). The number of nitrogens with one attached hydrogen (secondary N) is 2. The van der Waals surface area contributed by atoms with Crippen molar-refractivity contribution >= 4 is 11.6 Å². The third-order valence-corrected chi connectivity index (χ3v) is 3.75. The highest BCUT2D eigenvalue weighted by molar-refractivity contribution is 5.98. The Morgan fingerprint density at radius 3 is 2.24 bits per heavy atom. The SMILES string of the molecule is CCCc1[nH]nc(-c2ccc(C(F)(F)F)cc2)c1NC(=O)C(C)(C)C. The summed E-state index contributed by atoms with van der Waals surface area (Å²) in [6.07, 6.45) is -2.87. The molecule has 136 valence electrons. The van der Waals surface area contributed by atoms with E-state index in [1.165, 1.54) is 12.1 Å². The van der Waals surface area contributed by atoms with E-state index >= 15 is 0 Å². The van der Waals surface area contributed by atoms with Crippen molar-refractivity contribution in [2.75, 3.05) is 5.32 Å². The van der Waals surface area contributed by atoms with Crippen LogP contribution in [0.4, 0.5) is 18.9 Å². The van der Waals surface area contributed by atoms with Gasteiger partial charge in [0.05, 0.1) is 16.9 Å². The minimum absolute atomic E-state index is 0.181. The Bertz CT molecular complexity index is 740. The molecule has 2 aromatic rings. The van der Waals surface area contributed by atoms with Gasteiger partial charge in [0.25, 0.3) is 0 Å². The van der Waals surface area contributed by atoms with Crippen molar-refractivity contribution in [1.29, 1.82) is 0 Å². The number of anilines is 1. The van der Waals surface area contributed by atoms with Gasteiger partial charge in [-0.2, -0.15) is 18.3 Å². The van der Waals surface area contributed by atoms with Gasteiger partial charge in [0.1, 0.15) is 5.69 Å². The van der Waals surface area contributed by atoms with Crippen LogP contribution in [-0.4, -0.2) is 16.1 Å². The third-order valence-electron chi connectivity index (χ3n) is 3.75. The lowest BCUT2D eigenvalue weighted by atomic mass is 9.95. The van der Waals surface area contributed by atoms with Crippen LogP contribution in [0.1, 0.15) is 45.4 Å². The van der Waals surface area contributed by atoms with Gasteiger partial charge in [0.2, 0.25) is 5.91 Å². The summed E-state index contributed by atoms with van der Waals surface area (Å²) in [7, 11) is 0. The van der Waals surface area contributed by atoms with Gasteiger partial charge in [-0.15, -0.1) is 0 Å². The monoisotopic (exact) mass is 353 g/mol. The minimum atomic E-state index is -4.39. The van der Waals surface area contributed by atoms with Crippen LogP contribution in [0.15, 0.2) is 24.3 Å². The summed E-state index contributed by atoms with van der Waals surface area (Å²) in [5.74, 6) is -0.181. The first-order chi connectivity index (χ1) is 11.5. The number of alkyl halides is 3. The molecule has 2 N–H and O–H groups in total. The van der Waals surface area contributed by atoms with Crippen molar-refractivity contribution in [1.82, 2.24) is 10.2 Å². The predicted molar refractivity (Wildman–Crippen MR) is 91.1 cm³/mol. The highest BCUT2D eigenvalue weighted by atomic mass is 19.4. The second-order valence-electron chi connectivity index (χ2n) is 6.96. The van der Waals surface area contributed by atoms with Crippen LogP contribution in [-0.2, 0) is 17.4 Å². The van der Waals surface area contributed by atoms with Crippen molar-refractivity contribution in [3.8, 4) is 11.3 Å². The number of hydrogen-bond acceptors (Lipinski definition) is 2. The molecule has 1 heterocycles. The van der Waals surface area contributed by atoms with E-state index < -0.39 is 17.2 Å². The average Bonchev–Trinajstić information content (AvgIpc) is 2.89. The molecule has 0 unspecified atom stereocenters. The smallest absolute Gasteiger partial charge is 0.322 e. The Kier molecular flexibility index (Phi) is 5.25. The fourth-order valence-corrected chi connectivity index (χ4v) is 2.27. The van der Waals surface area contributed by atoms with Gasteiger partial charge in [-0.1, -0.05) is 46.2 Å². The lowest BCUT2D eigenvalue weighted by Gasteiger charge is -2.18. The van der Waals surface area contributed by atoms with E-state index in [9.17, 15) is 18.0 Å². The normalized spacial score (nSPS) is 12.3. The van der Waals surface area contributed by atoms with Crippen molar-refractivity contribution in [3.05, 3.63) is 35.5 Å². The lowest BCUT2D eigenvalue weighted by molar-refractivity contribution is -0.137. The summed E-state index contributed by atoms with van der Waals surface area (Å²) in [5, 5.41) is 9.97. The number of carbonyl (C=O) groups excluding carboxylic acids is 1. The zero-order valence-corrected chi connectivity index (χ0v) is 14.7. The Morgan fingerprint density at radius 2 is 1.76 bits per heavy atom. The lowest BCUT2D eigenvalue weighted by Crippen LogP contribution is -2.28. The maximum atomic E-state index is 12.7. The molecule has 1 aromatic heterocycles. The maximum Gasteiger partial charge on any atom is 0.416 e. The van der Waals surface area contributed by atoms with Gasteiger partial charge in [-0.25, -0.2) is 0 Å². The van der Waals surface area contributed by atoms with Crippen LogP contribution < -0.4 is 5.32 Å². The molecule has 0 radical (unpaired) electrons. The molecular formula is C18H22F3N3O. The molecule has 0 aliphatic carbocycles. The molecule has 1 amide bonds. The fourth-order valence-electron chi connectivity index (χ4n) is 2.27. The number of hydrogen-bond donors (Lipinski definition) is 2. The molecule has 0 saturated heterocycles. The number of aryl methyl sites for hydroxylation is 1. The number of rotatable bonds is 4. The molecular weight excluding hydrogens is 331 g/mol. The molecule has 1 aromatic carbocycles. The Balaban J connectivity index is 2.42. The predicted octanol–water partition coefficient (Wildman–Crippen LogP) is 5.03. The summed E-state index contributed by atoms with van der Waals surface area (Å²) in [6, 6.07) is 4.75. The van der Waals surface area contributed by atoms with E-state index in [1.807, 2.05) is 6.92 Å². The summed E-state index contributed by atoms with van der Waals surface area (Å²) in [4.78, 5) is 12.4. The number of halogens is 3. The molecule has 0 bridgehead atoms. The number of H-pyrrole nitrogens is 1. The number of aromatic amines is 1. The topological polar surface area (TPSA) is 57.8 Å². The zero-order chi connectivity index (χ0) is 18.8. The fraction of sp³-hybridized carbons (Fsp3) is 0.444. The third kappa shape index (κ3) is 4.41. The molecule has 0 aliphatic rings. The van der Waals surface area contributed by atoms with E-state index in [2.05, 4.69) is 15.5 Å².